The summed E-state index contributed by atoms with van der Waals surface area (Å²) in [6, 6.07) is 22.6. The summed E-state index contributed by atoms with van der Waals surface area (Å²) in [5.41, 5.74) is 4.06. The van der Waals surface area contributed by atoms with Crippen LogP contribution < -0.4 is 10.6 Å². The van der Waals surface area contributed by atoms with Gasteiger partial charge in [-0.25, -0.2) is 0 Å². The number of nitrogens with one attached hydrogen (secondary N) is 2. The van der Waals surface area contributed by atoms with Gasteiger partial charge < -0.3 is 10.6 Å². The molecular formula is C22H24N6. The molecule has 28 heavy (non-hydrogen) atoms. The van der Waals surface area contributed by atoms with Gasteiger partial charge in [0, 0.05) is 25.1 Å². The molecule has 0 radical (unpaired) electrons. The lowest BCUT2D eigenvalue weighted by Crippen LogP contribution is -2.09. The first-order chi connectivity index (χ1) is 13.7. The summed E-state index contributed by atoms with van der Waals surface area (Å²) in [5.74, 6) is 1.86. The maximum absolute atomic E-state index is 4.73. The van der Waals surface area contributed by atoms with Gasteiger partial charge in [0.15, 0.2) is 5.82 Å². The second-order valence-electron chi connectivity index (χ2n) is 7.07. The van der Waals surface area contributed by atoms with Crippen molar-refractivity contribution in [3.8, 4) is 0 Å². The largest absolute Gasteiger partial charge is 0.378 e. The van der Waals surface area contributed by atoms with Crippen LogP contribution in [0.5, 0.6) is 0 Å². The fourth-order valence-electron chi connectivity index (χ4n) is 3.05. The minimum Gasteiger partial charge on any atom is -0.378 e. The number of anilines is 2. The van der Waals surface area contributed by atoms with Crippen LogP contribution in [-0.2, 0) is 13.1 Å². The van der Waals surface area contributed by atoms with Crippen LogP contribution >= 0.6 is 0 Å². The van der Waals surface area contributed by atoms with Crippen LogP contribution in [0.3, 0.4) is 0 Å². The second kappa shape index (κ2) is 8.08. The maximum atomic E-state index is 4.73. The van der Waals surface area contributed by atoms with Gasteiger partial charge in [-0.05, 0) is 11.1 Å². The molecule has 0 bridgehead atoms. The molecule has 2 heterocycles. The molecular weight excluding hydrogens is 348 g/mol. The zero-order valence-electron chi connectivity index (χ0n) is 16.1. The summed E-state index contributed by atoms with van der Waals surface area (Å²) in [7, 11) is 0. The average Bonchev–Trinajstić information content (AvgIpc) is 3.16. The highest BCUT2D eigenvalue weighted by Gasteiger charge is 2.15. The molecule has 2 aromatic carbocycles. The number of fused-ring (bicyclic) bond motifs is 1. The normalized spacial score (nSPS) is 11.1. The molecule has 2 N–H and O–H groups in total. The topological polar surface area (TPSA) is 67.1 Å². The van der Waals surface area contributed by atoms with Gasteiger partial charge in [-0.15, -0.1) is 15.3 Å². The number of hydrogen-bond acceptors (Lipinski definition) is 5. The second-order valence-corrected chi connectivity index (χ2v) is 7.07. The Bertz CT molecular complexity index is 1040. The Morgan fingerprint density at radius 2 is 1.43 bits per heavy atom. The van der Waals surface area contributed by atoms with Crippen molar-refractivity contribution >= 4 is 17.2 Å². The molecule has 4 rings (SSSR count). The molecule has 0 amide bonds. The standard InChI is InChI=1S/C22H24N6/c1-16(2)21-25-26-22-19(23-14-17-9-5-3-6-10-17)13-20(27-28(21)22)24-15-18-11-7-4-8-12-18/h3-13,16,23H,14-15H2,1-2H3,(H,24,27). The van der Waals surface area contributed by atoms with E-state index in [-0.39, 0.29) is 5.92 Å². The molecule has 0 saturated heterocycles. The lowest BCUT2D eigenvalue weighted by atomic mass is 10.2. The molecule has 0 spiro atoms. The summed E-state index contributed by atoms with van der Waals surface area (Å²) in [6.45, 7) is 5.61. The summed E-state index contributed by atoms with van der Waals surface area (Å²) in [6.07, 6.45) is 0. The third-order valence-electron chi connectivity index (χ3n) is 4.55. The fourth-order valence-corrected chi connectivity index (χ4v) is 3.05. The van der Waals surface area contributed by atoms with E-state index >= 15 is 0 Å². The average molecular weight is 372 g/mol. The third-order valence-corrected chi connectivity index (χ3v) is 4.55. The maximum Gasteiger partial charge on any atom is 0.201 e. The first-order valence-electron chi connectivity index (χ1n) is 9.52. The van der Waals surface area contributed by atoms with Gasteiger partial charge in [-0.2, -0.15) is 4.52 Å². The van der Waals surface area contributed by atoms with Gasteiger partial charge >= 0.3 is 0 Å². The highest BCUT2D eigenvalue weighted by atomic mass is 15.4. The van der Waals surface area contributed by atoms with Crippen LogP contribution in [-0.4, -0.2) is 19.8 Å². The minimum absolute atomic E-state index is 0.230. The van der Waals surface area contributed by atoms with E-state index < -0.39 is 0 Å². The van der Waals surface area contributed by atoms with Crippen LogP contribution in [0.25, 0.3) is 5.65 Å². The number of aromatic nitrogens is 4. The highest BCUT2D eigenvalue weighted by molar-refractivity contribution is 5.70. The van der Waals surface area contributed by atoms with Crippen LogP contribution in [0.2, 0.25) is 0 Å². The van der Waals surface area contributed by atoms with Gasteiger partial charge in [0.1, 0.15) is 5.82 Å². The van der Waals surface area contributed by atoms with E-state index in [0.29, 0.717) is 13.1 Å². The van der Waals surface area contributed by atoms with Crippen molar-refractivity contribution in [2.45, 2.75) is 32.9 Å². The molecule has 0 atom stereocenters. The smallest absolute Gasteiger partial charge is 0.201 e. The van der Waals surface area contributed by atoms with Crippen LogP contribution in [0.15, 0.2) is 66.7 Å². The van der Waals surface area contributed by atoms with Crippen molar-refractivity contribution in [1.82, 2.24) is 19.8 Å². The van der Waals surface area contributed by atoms with E-state index in [2.05, 4.69) is 58.9 Å². The van der Waals surface area contributed by atoms with E-state index in [4.69, 9.17) is 5.10 Å². The molecule has 2 aromatic heterocycles. The van der Waals surface area contributed by atoms with E-state index in [9.17, 15) is 0 Å². The van der Waals surface area contributed by atoms with Crippen molar-refractivity contribution in [3.05, 3.63) is 83.7 Å². The van der Waals surface area contributed by atoms with Gasteiger partial charge in [-0.3, -0.25) is 0 Å². The molecule has 0 unspecified atom stereocenters. The van der Waals surface area contributed by atoms with Gasteiger partial charge in [0.25, 0.3) is 0 Å². The summed E-state index contributed by atoms with van der Waals surface area (Å²) in [4.78, 5) is 0. The van der Waals surface area contributed by atoms with Crippen molar-refractivity contribution in [3.63, 3.8) is 0 Å². The van der Waals surface area contributed by atoms with Gasteiger partial charge in [0.05, 0.1) is 5.69 Å². The fraction of sp³-hybridized carbons (Fsp3) is 0.227. The monoisotopic (exact) mass is 372 g/mol. The number of nitrogens with zero attached hydrogens (tertiary/aromatic N) is 4. The molecule has 0 aliphatic carbocycles. The molecule has 0 aliphatic rings. The summed E-state index contributed by atoms with van der Waals surface area (Å²) < 4.78 is 1.84. The first-order valence-corrected chi connectivity index (χ1v) is 9.52. The molecule has 0 aliphatic heterocycles. The van der Waals surface area contributed by atoms with E-state index in [0.717, 1.165) is 23.0 Å². The SMILES string of the molecule is CC(C)c1nnc2c(NCc3ccccc3)cc(NCc3ccccc3)nn12. The van der Waals surface area contributed by atoms with Crippen molar-refractivity contribution in [2.24, 2.45) is 0 Å². The zero-order chi connectivity index (χ0) is 19.3. The molecule has 142 valence electrons. The number of hydrogen-bond donors (Lipinski definition) is 2. The molecule has 0 saturated carbocycles. The molecule has 4 aromatic rings. The zero-order valence-corrected chi connectivity index (χ0v) is 16.1. The summed E-state index contributed by atoms with van der Waals surface area (Å²) >= 11 is 0. The molecule has 6 nitrogen and oxygen atoms in total. The Kier molecular flexibility index (Phi) is 5.19. The first kappa shape index (κ1) is 18.0. The van der Waals surface area contributed by atoms with Crippen LogP contribution in [0.1, 0.15) is 36.7 Å². The third kappa shape index (κ3) is 3.96. The van der Waals surface area contributed by atoms with Crippen molar-refractivity contribution in [1.29, 1.82) is 0 Å². The van der Waals surface area contributed by atoms with Crippen molar-refractivity contribution < 1.29 is 0 Å². The van der Waals surface area contributed by atoms with E-state index in [1.165, 1.54) is 11.1 Å². The molecule has 6 heteroatoms. The molecule has 0 fully saturated rings. The summed E-state index contributed by atoms with van der Waals surface area (Å²) in [5, 5.41) is 20.4. The van der Waals surface area contributed by atoms with Crippen molar-refractivity contribution in [2.75, 3.05) is 10.6 Å². The Morgan fingerprint density at radius 1 is 0.821 bits per heavy atom. The van der Waals surface area contributed by atoms with E-state index in [1.807, 2.05) is 47.0 Å². The lowest BCUT2D eigenvalue weighted by Gasteiger charge is -2.12. The van der Waals surface area contributed by atoms with Crippen LogP contribution in [0.4, 0.5) is 11.5 Å². The Labute approximate surface area is 164 Å². The minimum atomic E-state index is 0.230. The Balaban J connectivity index is 1.64. The number of rotatable bonds is 7. The predicted octanol–water partition coefficient (Wildman–Crippen LogP) is 4.47. The number of benzene rings is 2. The van der Waals surface area contributed by atoms with Gasteiger partial charge in [-0.1, -0.05) is 74.5 Å². The Hall–Kier alpha value is -3.41. The quantitative estimate of drug-likeness (QED) is 0.501. The van der Waals surface area contributed by atoms with E-state index in [1.54, 1.807) is 0 Å². The Morgan fingerprint density at radius 3 is 2.04 bits per heavy atom. The van der Waals surface area contributed by atoms with Gasteiger partial charge in [0.2, 0.25) is 5.65 Å². The lowest BCUT2D eigenvalue weighted by molar-refractivity contribution is 0.721. The predicted molar refractivity (Wildman–Crippen MR) is 112 cm³/mol. The van der Waals surface area contributed by atoms with Crippen LogP contribution in [0, 0.1) is 0 Å². The highest BCUT2D eigenvalue weighted by Crippen LogP contribution is 2.23.